The number of hydrogen-bond acceptors (Lipinski definition) is 3. The number of anilines is 1. The molecule has 1 aromatic carbocycles. The number of nitrogens with one attached hydrogen (secondary N) is 2. The van der Waals surface area contributed by atoms with Crippen LogP contribution in [-0.4, -0.2) is 18.2 Å². The fraction of sp³-hybridized carbons (Fsp3) is 0.364. The molecule has 1 fully saturated rings. The van der Waals surface area contributed by atoms with E-state index in [0.717, 1.165) is 12.2 Å². The molecule has 2 N–H and O–H groups in total. The first-order valence-electron chi connectivity index (χ1n) is 5.00. The molecule has 0 saturated carbocycles. The molecule has 0 aliphatic carbocycles. The number of amides is 1. The Hall–Kier alpha value is -1.000. The zero-order valence-corrected chi connectivity index (χ0v) is 9.28. The minimum atomic E-state index is 0.0959. The maximum absolute atomic E-state index is 11.3. The first-order chi connectivity index (χ1) is 7.17. The van der Waals surface area contributed by atoms with Crippen LogP contribution >= 0.6 is 11.8 Å². The molecule has 1 amide bonds. The molecular formula is C11H12N2OS. The summed E-state index contributed by atoms with van der Waals surface area (Å²) in [6.45, 7) is 3.19. The van der Waals surface area contributed by atoms with E-state index in [-0.39, 0.29) is 11.4 Å². The number of hydrogen-bond donors (Lipinski definition) is 2. The second-order valence-electron chi connectivity index (χ2n) is 4.23. The number of benzene rings is 1. The van der Waals surface area contributed by atoms with Crippen molar-refractivity contribution in [3.05, 3.63) is 23.8 Å². The van der Waals surface area contributed by atoms with Crippen molar-refractivity contribution in [3.8, 4) is 0 Å². The van der Waals surface area contributed by atoms with Gasteiger partial charge in [0, 0.05) is 11.4 Å². The molecule has 1 atom stereocenters. The second-order valence-corrected chi connectivity index (χ2v) is 5.25. The molecule has 78 valence electrons. The van der Waals surface area contributed by atoms with Gasteiger partial charge in [-0.15, -0.1) is 11.8 Å². The molecule has 1 aromatic rings. The second kappa shape index (κ2) is 3.00. The summed E-state index contributed by atoms with van der Waals surface area (Å²) in [7, 11) is 0. The minimum Gasteiger partial charge on any atom is -0.324 e. The number of carbonyl (C=O) groups excluding carboxylic acids is 1. The fourth-order valence-electron chi connectivity index (χ4n) is 1.76. The van der Waals surface area contributed by atoms with E-state index in [1.807, 2.05) is 0 Å². The van der Waals surface area contributed by atoms with Crippen LogP contribution in [0.1, 0.15) is 12.5 Å². The molecule has 2 aliphatic rings. The van der Waals surface area contributed by atoms with E-state index in [4.69, 9.17) is 0 Å². The van der Waals surface area contributed by atoms with E-state index < -0.39 is 0 Å². The Bertz CT molecular complexity index is 440. The Labute approximate surface area is 92.6 Å². The van der Waals surface area contributed by atoms with E-state index in [0.29, 0.717) is 5.75 Å². The lowest BCUT2D eigenvalue weighted by atomic mass is 10.0. The molecule has 3 nitrogen and oxygen atoms in total. The Morgan fingerprint density at radius 2 is 2.27 bits per heavy atom. The van der Waals surface area contributed by atoms with Gasteiger partial charge in [0.1, 0.15) is 0 Å². The highest BCUT2D eigenvalue weighted by molar-refractivity contribution is 8.00. The van der Waals surface area contributed by atoms with Crippen LogP contribution < -0.4 is 10.6 Å². The average molecular weight is 220 g/mol. The predicted octanol–water partition coefficient (Wildman–Crippen LogP) is 1.55. The molecule has 0 spiro atoms. The highest BCUT2D eigenvalue weighted by Gasteiger charge is 2.38. The van der Waals surface area contributed by atoms with Crippen LogP contribution in [0.3, 0.4) is 0 Å². The molecule has 2 heterocycles. The molecule has 0 radical (unpaired) electrons. The van der Waals surface area contributed by atoms with E-state index in [1.165, 1.54) is 10.5 Å². The largest absolute Gasteiger partial charge is 0.324 e. The van der Waals surface area contributed by atoms with Gasteiger partial charge >= 0.3 is 0 Å². The Morgan fingerprint density at radius 1 is 1.47 bits per heavy atom. The zero-order chi connectivity index (χ0) is 10.5. The first-order valence-corrected chi connectivity index (χ1v) is 5.98. The van der Waals surface area contributed by atoms with Gasteiger partial charge in [0.05, 0.1) is 17.0 Å². The van der Waals surface area contributed by atoms with E-state index >= 15 is 0 Å². The predicted molar refractivity (Wildman–Crippen MR) is 61.2 cm³/mol. The van der Waals surface area contributed by atoms with Gasteiger partial charge in [0.2, 0.25) is 5.91 Å². The molecular weight excluding hydrogens is 208 g/mol. The topological polar surface area (TPSA) is 51.0 Å². The minimum absolute atomic E-state index is 0.0959. The van der Waals surface area contributed by atoms with Crippen molar-refractivity contribution >= 4 is 23.4 Å². The van der Waals surface area contributed by atoms with Crippen LogP contribution in [0.25, 0.3) is 0 Å². The summed E-state index contributed by atoms with van der Waals surface area (Å²) in [6.07, 6.45) is 0. The normalized spacial score (nSPS) is 28.2. The maximum atomic E-state index is 11.3. The Morgan fingerprint density at radius 3 is 3.00 bits per heavy atom. The van der Waals surface area contributed by atoms with Gasteiger partial charge in [0.15, 0.2) is 0 Å². The van der Waals surface area contributed by atoms with Crippen LogP contribution in [0, 0.1) is 0 Å². The number of thioether (sulfide) groups is 1. The van der Waals surface area contributed by atoms with Gasteiger partial charge in [-0.1, -0.05) is 6.07 Å². The third kappa shape index (κ3) is 1.54. The van der Waals surface area contributed by atoms with Crippen molar-refractivity contribution in [1.82, 2.24) is 5.32 Å². The van der Waals surface area contributed by atoms with E-state index in [1.54, 1.807) is 11.8 Å². The molecule has 1 saturated heterocycles. The van der Waals surface area contributed by atoms with Gasteiger partial charge in [-0.05, 0) is 24.6 Å². The van der Waals surface area contributed by atoms with Crippen molar-refractivity contribution < 1.29 is 4.79 Å². The number of rotatable bonds is 1. The van der Waals surface area contributed by atoms with Crippen molar-refractivity contribution in [2.75, 3.05) is 17.6 Å². The standard InChI is InChI=1S/C11H12N2OS/c1-11(6-12-11)7-2-3-9-8(4-7)13-10(14)5-15-9/h2-4,12H,5-6H2,1H3,(H,13,14). The molecule has 4 heteroatoms. The fourth-order valence-corrected chi connectivity index (χ4v) is 2.55. The van der Waals surface area contributed by atoms with E-state index in [9.17, 15) is 4.79 Å². The highest BCUT2D eigenvalue weighted by Crippen LogP contribution is 2.37. The van der Waals surface area contributed by atoms with Gasteiger partial charge < -0.3 is 10.6 Å². The lowest BCUT2D eigenvalue weighted by molar-refractivity contribution is -0.113. The third-order valence-electron chi connectivity index (χ3n) is 2.96. The summed E-state index contributed by atoms with van der Waals surface area (Å²) < 4.78 is 0. The van der Waals surface area contributed by atoms with Gasteiger partial charge in [-0.2, -0.15) is 0 Å². The molecule has 15 heavy (non-hydrogen) atoms. The van der Waals surface area contributed by atoms with Gasteiger partial charge in [-0.3, -0.25) is 4.79 Å². The average Bonchev–Trinajstić information content (AvgIpc) is 2.97. The number of carbonyl (C=O) groups is 1. The summed E-state index contributed by atoms with van der Waals surface area (Å²) in [5, 5.41) is 6.24. The SMILES string of the molecule is CC1(c2ccc3c(c2)NC(=O)CS3)CN1. The molecule has 2 aliphatic heterocycles. The molecule has 0 bridgehead atoms. The Balaban J connectivity index is 2.01. The van der Waals surface area contributed by atoms with Crippen LogP contribution in [0.2, 0.25) is 0 Å². The van der Waals surface area contributed by atoms with Crippen molar-refractivity contribution in [2.24, 2.45) is 0 Å². The monoisotopic (exact) mass is 220 g/mol. The van der Waals surface area contributed by atoms with Crippen molar-refractivity contribution in [2.45, 2.75) is 17.4 Å². The van der Waals surface area contributed by atoms with E-state index in [2.05, 4.69) is 35.8 Å². The summed E-state index contributed by atoms with van der Waals surface area (Å²) in [5.41, 5.74) is 2.34. The Kier molecular flexibility index (Phi) is 1.85. The van der Waals surface area contributed by atoms with Gasteiger partial charge in [-0.25, -0.2) is 0 Å². The molecule has 3 rings (SSSR count). The van der Waals surface area contributed by atoms with Crippen molar-refractivity contribution in [3.63, 3.8) is 0 Å². The lowest BCUT2D eigenvalue weighted by Crippen LogP contribution is -2.19. The smallest absolute Gasteiger partial charge is 0.234 e. The highest BCUT2D eigenvalue weighted by atomic mass is 32.2. The zero-order valence-electron chi connectivity index (χ0n) is 8.46. The third-order valence-corrected chi connectivity index (χ3v) is 4.03. The molecule has 0 aromatic heterocycles. The summed E-state index contributed by atoms with van der Waals surface area (Å²) >= 11 is 1.60. The van der Waals surface area contributed by atoms with Crippen LogP contribution in [0.4, 0.5) is 5.69 Å². The van der Waals surface area contributed by atoms with Crippen LogP contribution in [-0.2, 0) is 10.3 Å². The maximum Gasteiger partial charge on any atom is 0.234 e. The van der Waals surface area contributed by atoms with Gasteiger partial charge in [0.25, 0.3) is 0 Å². The lowest BCUT2D eigenvalue weighted by Gasteiger charge is -2.18. The number of fused-ring (bicyclic) bond motifs is 1. The van der Waals surface area contributed by atoms with Crippen molar-refractivity contribution in [1.29, 1.82) is 0 Å². The summed E-state index contributed by atoms with van der Waals surface area (Å²) in [5.74, 6) is 0.626. The quantitative estimate of drug-likeness (QED) is 0.706. The molecule has 1 unspecified atom stereocenters. The van der Waals surface area contributed by atoms with Crippen LogP contribution in [0.5, 0.6) is 0 Å². The summed E-state index contributed by atoms with van der Waals surface area (Å²) in [6, 6.07) is 6.32. The van der Waals surface area contributed by atoms with Crippen LogP contribution in [0.15, 0.2) is 23.1 Å². The first kappa shape index (κ1) is 9.24. The summed E-state index contributed by atoms with van der Waals surface area (Å²) in [4.78, 5) is 12.4.